The molecule has 0 amide bonds. The standard InChI is InChI=1S/C9H15O2.3C4H9.Sn/c1-10-7-4-6-9-5-2-3-8-11-9;3*1-3-4-2;/h4,6,9H,1-3,5,7-8H2;3*1,3-4H2,2H3;/b6-4+;;;;. The van der Waals surface area contributed by atoms with Gasteiger partial charge in [0.2, 0.25) is 0 Å². The van der Waals surface area contributed by atoms with E-state index in [0.717, 1.165) is 17.8 Å². The fraction of sp³-hybridized carbons (Fsp3) is 0.905. The minimum atomic E-state index is -2.08. The summed E-state index contributed by atoms with van der Waals surface area (Å²) in [7, 11) is 0. The van der Waals surface area contributed by atoms with Crippen molar-refractivity contribution in [3.63, 3.8) is 0 Å². The molecular formula is C21H42O2Sn. The molecule has 0 aromatic rings. The Hall–Kier alpha value is 0.459. The maximum absolute atomic E-state index is 6.23. The maximum atomic E-state index is 6.23. The first-order valence-electron chi connectivity index (χ1n) is 10.6. The molecule has 1 fully saturated rings. The van der Waals surface area contributed by atoms with Crippen molar-refractivity contribution in [3.8, 4) is 0 Å². The van der Waals surface area contributed by atoms with Gasteiger partial charge in [-0.15, -0.1) is 0 Å². The third-order valence-corrected chi connectivity index (χ3v) is 19.8. The fourth-order valence-electron chi connectivity index (χ4n) is 3.72. The van der Waals surface area contributed by atoms with Crippen LogP contribution in [-0.2, 0) is 9.47 Å². The molecule has 0 bridgehead atoms. The van der Waals surface area contributed by atoms with E-state index >= 15 is 0 Å². The van der Waals surface area contributed by atoms with Crippen LogP contribution in [0.5, 0.6) is 0 Å². The van der Waals surface area contributed by atoms with E-state index in [1.54, 1.807) is 13.3 Å². The van der Waals surface area contributed by atoms with Crippen LogP contribution in [0.3, 0.4) is 0 Å². The van der Waals surface area contributed by atoms with Crippen molar-refractivity contribution in [1.82, 2.24) is 0 Å². The molecule has 0 aromatic carbocycles. The summed E-state index contributed by atoms with van der Waals surface area (Å²) < 4.78 is 17.8. The van der Waals surface area contributed by atoms with Crippen LogP contribution in [0.15, 0.2) is 12.2 Å². The summed E-state index contributed by atoms with van der Waals surface area (Å²) in [6.07, 6.45) is 16.8. The monoisotopic (exact) mass is 446 g/mol. The van der Waals surface area contributed by atoms with E-state index in [1.807, 2.05) is 0 Å². The molecule has 3 heteroatoms. The van der Waals surface area contributed by atoms with E-state index in [9.17, 15) is 0 Å². The van der Waals surface area contributed by atoms with Crippen LogP contribution in [0.4, 0.5) is 0 Å². The molecular weight excluding hydrogens is 403 g/mol. The first-order valence-corrected chi connectivity index (χ1v) is 18.7. The zero-order valence-electron chi connectivity index (χ0n) is 16.7. The second-order valence-corrected chi connectivity index (χ2v) is 21.3. The van der Waals surface area contributed by atoms with Crippen molar-refractivity contribution in [1.29, 1.82) is 0 Å². The molecule has 1 saturated heterocycles. The molecule has 2 nitrogen and oxygen atoms in total. The van der Waals surface area contributed by atoms with Gasteiger partial charge in [-0.25, -0.2) is 0 Å². The average molecular weight is 445 g/mol. The Balaban J connectivity index is 2.43. The molecule has 1 rings (SSSR count). The molecule has 1 aliphatic rings. The number of rotatable bonds is 14. The Morgan fingerprint density at radius 3 is 2.08 bits per heavy atom. The van der Waals surface area contributed by atoms with E-state index in [1.165, 1.54) is 57.8 Å². The number of unbranched alkanes of at least 4 members (excludes halogenated alkanes) is 3. The van der Waals surface area contributed by atoms with Crippen LogP contribution in [0.1, 0.15) is 78.6 Å². The Morgan fingerprint density at radius 1 is 0.958 bits per heavy atom. The molecule has 0 N–H and O–H groups in total. The van der Waals surface area contributed by atoms with Gasteiger partial charge >= 0.3 is 156 Å². The van der Waals surface area contributed by atoms with Crippen molar-refractivity contribution in [2.75, 3.05) is 17.8 Å². The number of hydrogen-bond acceptors (Lipinski definition) is 2. The second-order valence-electron chi connectivity index (χ2n) is 7.66. The Morgan fingerprint density at radius 2 is 1.58 bits per heavy atom. The van der Waals surface area contributed by atoms with Gasteiger partial charge in [-0.1, -0.05) is 0 Å². The summed E-state index contributed by atoms with van der Waals surface area (Å²) in [6.45, 7) is 8.74. The summed E-state index contributed by atoms with van der Waals surface area (Å²) in [5.41, 5.74) is 0. The van der Waals surface area contributed by atoms with Gasteiger partial charge in [0, 0.05) is 0 Å². The van der Waals surface area contributed by atoms with E-state index in [-0.39, 0.29) is 0 Å². The van der Waals surface area contributed by atoms with Crippen molar-refractivity contribution < 1.29 is 9.47 Å². The first-order chi connectivity index (χ1) is 11.8. The Bertz CT molecular complexity index is 289. The SMILES string of the molecule is CCC[CH2][Sn]([CH2]CCC)([CH2]CCC)[CH2]OC/C=C/C1CCCCO1. The van der Waals surface area contributed by atoms with Gasteiger partial charge in [0.25, 0.3) is 0 Å². The predicted octanol–water partition coefficient (Wildman–Crippen LogP) is 6.52. The van der Waals surface area contributed by atoms with Crippen LogP contribution in [0.2, 0.25) is 13.3 Å². The van der Waals surface area contributed by atoms with Crippen LogP contribution in [-0.4, -0.2) is 42.3 Å². The van der Waals surface area contributed by atoms with E-state index in [0.29, 0.717) is 6.10 Å². The van der Waals surface area contributed by atoms with E-state index in [4.69, 9.17) is 9.47 Å². The third kappa shape index (κ3) is 9.82. The summed E-state index contributed by atoms with van der Waals surface area (Å²) in [5.74, 6) is 0. The molecule has 1 unspecified atom stereocenters. The number of ether oxygens (including phenoxy) is 2. The van der Waals surface area contributed by atoms with Gasteiger partial charge in [-0.3, -0.25) is 0 Å². The van der Waals surface area contributed by atoms with E-state index < -0.39 is 18.4 Å². The topological polar surface area (TPSA) is 18.5 Å². The van der Waals surface area contributed by atoms with Gasteiger partial charge in [-0.05, 0) is 0 Å². The van der Waals surface area contributed by atoms with Gasteiger partial charge in [0.15, 0.2) is 0 Å². The predicted molar refractivity (Wildman–Crippen MR) is 108 cm³/mol. The van der Waals surface area contributed by atoms with Gasteiger partial charge in [0.1, 0.15) is 0 Å². The zero-order chi connectivity index (χ0) is 17.5. The average Bonchev–Trinajstić information content (AvgIpc) is 2.63. The van der Waals surface area contributed by atoms with Gasteiger partial charge in [-0.2, -0.15) is 0 Å². The summed E-state index contributed by atoms with van der Waals surface area (Å²) in [5, 5.41) is 0. The van der Waals surface area contributed by atoms with Crippen LogP contribution in [0.25, 0.3) is 0 Å². The van der Waals surface area contributed by atoms with Crippen molar-refractivity contribution >= 4 is 18.4 Å². The Kier molecular flexibility index (Phi) is 13.7. The Labute approximate surface area is 155 Å². The fourth-order valence-corrected chi connectivity index (χ4v) is 18.1. The summed E-state index contributed by atoms with van der Waals surface area (Å²) in [6, 6.07) is 0. The van der Waals surface area contributed by atoms with Crippen LogP contribution < -0.4 is 0 Å². The first kappa shape index (κ1) is 22.5. The van der Waals surface area contributed by atoms with Crippen LogP contribution >= 0.6 is 0 Å². The molecule has 1 heterocycles. The second kappa shape index (κ2) is 14.6. The molecule has 0 aliphatic carbocycles. The normalized spacial score (nSPS) is 19.2. The zero-order valence-corrected chi connectivity index (χ0v) is 19.5. The quantitative estimate of drug-likeness (QED) is 0.172. The van der Waals surface area contributed by atoms with Gasteiger partial charge in [0.05, 0.1) is 0 Å². The molecule has 1 atom stereocenters. The van der Waals surface area contributed by atoms with E-state index in [2.05, 4.69) is 32.9 Å². The molecule has 0 saturated carbocycles. The molecule has 142 valence electrons. The minimum absolute atomic E-state index is 0.343. The van der Waals surface area contributed by atoms with Crippen LogP contribution in [0, 0.1) is 0 Å². The molecule has 24 heavy (non-hydrogen) atoms. The van der Waals surface area contributed by atoms with Crippen molar-refractivity contribution in [3.05, 3.63) is 12.2 Å². The summed E-state index contributed by atoms with van der Waals surface area (Å²) in [4.78, 5) is 0. The number of hydrogen-bond donors (Lipinski definition) is 0. The molecule has 0 radical (unpaired) electrons. The molecule has 0 spiro atoms. The molecule has 0 aromatic heterocycles. The molecule has 1 aliphatic heterocycles. The van der Waals surface area contributed by atoms with Crippen molar-refractivity contribution in [2.24, 2.45) is 0 Å². The van der Waals surface area contributed by atoms with Gasteiger partial charge < -0.3 is 0 Å². The third-order valence-electron chi connectivity index (χ3n) is 5.37. The summed E-state index contributed by atoms with van der Waals surface area (Å²) >= 11 is -2.08. The van der Waals surface area contributed by atoms with Crippen molar-refractivity contribution in [2.45, 2.75) is 98.0 Å².